The molecule has 2 amide bonds. The predicted octanol–water partition coefficient (Wildman–Crippen LogP) is 1.83. The first-order valence-corrected chi connectivity index (χ1v) is 9.37. The highest BCUT2D eigenvalue weighted by atomic mass is 32.1. The summed E-state index contributed by atoms with van der Waals surface area (Å²) in [6.45, 7) is 8.73. The molecule has 0 unspecified atom stereocenters. The van der Waals surface area contributed by atoms with E-state index in [1.807, 2.05) is 34.4 Å². The zero-order valence-electron chi connectivity index (χ0n) is 14.0. The van der Waals surface area contributed by atoms with Gasteiger partial charge >= 0.3 is 0 Å². The van der Waals surface area contributed by atoms with Crippen LogP contribution in [0.2, 0.25) is 0 Å². The lowest BCUT2D eigenvalue weighted by Crippen LogP contribution is -2.55. The minimum absolute atomic E-state index is 0.0757. The van der Waals surface area contributed by atoms with E-state index < -0.39 is 0 Å². The Morgan fingerprint density at radius 2 is 1.65 bits per heavy atom. The van der Waals surface area contributed by atoms with Gasteiger partial charge in [0.15, 0.2) is 0 Å². The average Bonchev–Trinajstić information content (AvgIpc) is 3.24. The van der Waals surface area contributed by atoms with E-state index in [0.717, 1.165) is 50.1 Å². The lowest BCUT2D eigenvalue weighted by Gasteiger charge is -2.38. The van der Waals surface area contributed by atoms with Crippen molar-refractivity contribution in [1.82, 2.24) is 14.7 Å². The maximum absolute atomic E-state index is 12.5. The molecule has 0 N–H and O–H groups in total. The van der Waals surface area contributed by atoms with Crippen LogP contribution in [0, 0.1) is 6.92 Å². The summed E-state index contributed by atoms with van der Waals surface area (Å²) in [7, 11) is 0. The molecule has 0 saturated carbocycles. The molecule has 1 aromatic rings. The Balaban J connectivity index is 1.54. The van der Waals surface area contributed by atoms with Crippen LogP contribution >= 0.6 is 11.3 Å². The Morgan fingerprint density at radius 3 is 2.22 bits per heavy atom. The molecule has 1 aromatic heterocycles. The molecular weight excluding hydrogens is 310 g/mol. The van der Waals surface area contributed by atoms with Crippen molar-refractivity contribution < 1.29 is 9.59 Å². The van der Waals surface area contributed by atoms with Crippen molar-refractivity contribution in [2.75, 3.05) is 39.3 Å². The van der Waals surface area contributed by atoms with Gasteiger partial charge in [-0.05, 0) is 37.6 Å². The quantitative estimate of drug-likeness (QED) is 0.846. The maximum Gasteiger partial charge on any atom is 0.255 e. The van der Waals surface area contributed by atoms with Gasteiger partial charge in [0.25, 0.3) is 5.91 Å². The maximum atomic E-state index is 12.5. The molecule has 3 rings (SSSR count). The summed E-state index contributed by atoms with van der Waals surface area (Å²) in [4.78, 5) is 31.1. The summed E-state index contributed by atoms with van der Waals surface area (Å²) in [6, 6.07) is -0.0757. The first-order valence-electron chi connectivity index (χ1n) is 8.43. The van der Waals surface area contributed by atoms with Crippen LogP contribution in [-0.2, 0) is 4.79 Å². The molecule has 6 heteroatoms. The van der Waals surface area contributed by atoms with Crippen molar-refractivity contribution in [3.63, 3.8) is 0 Å². The van der Waals surface area contributed by atoms with E-state index >= 15 is 0 Å². The molecule has 0 aliphatic carbocycles. The van der Waals surface area contributed by atoms with Crippen molar-refractivity contribution in [2.24, 2.45) is 0 Å². The third kappa shape index (κ3) is 3.43. The summed E-state index contributed by atoms with van der Waals surface area (Å²) in [6.07, 6.45) is 2.25. The van der Waals surface area contributed by atoms with Gasteiger partial charge in [0.2, 0.25) is 5.91 Å². The molecule has 1 atom stereocenters. The number of rotatable bonds is 3. The third-order valence-corrected chi connectivity index (χ3v) is 5.87. The number of amides is 2. The van der Waals surface area contributed by atoms with Crippen LogP contribution in [0.25, 0.3) is 0 Å². The van der Waals surface area contributed by atoms with Gasteiger partial charge in [-0.25, -0.2) is 0 Å². The van der Waals surface area contributed by atoms with E-state index in [1.54, 1.807) is 11.3 Å². The number of carbonyl (C=O) groups excluding carboxylic acids is 2. The number of carbonyl (C=O) groups is 2. The van der Waals surface area contributed by atoms with Gasteiger partial charge in [0.1, 0.15) is 0 Å². The van der Waals surface area contributed by atoms with Crippen molar-refractivity contribution in [1.29, 1.82) is 0 Å². The molecular formula is C17H25N3O2S. The molecule has 23 heavy (non-hydrogen) atoms. The molecule has 0 radical (unpaired) electrons. The standard InChI is InChI=1S/C17H25N3O2S/c1-13-11-23-12-15(13)17(22)20-9-7-18(8-10-20)14(2)16(21)19-5-3-4-6-19/h11-12,14H,3-10H2,1-2H3/t14-/m1/s1. The van der Waals surface area contributed by atoms with Gasteiger partial charge in [0.05, 0.1) is 11.6 Å². The monoisotopic (exact) mass is 335 g/mol. The number of hydrogen-bond donors (Lipinski definition) is 0. The number of aryl methyl sites for hydroxylation is 1. The van der Waals surface area contributed by atoms with E-state index in [2.05, 4.69) is 4.90 Å². The van der Waals surface area contributed by atoms with Crippen LogP contribution < -0.4 is 0 Å². The summed E-state index contributed by atoms with van der Waals surface area (Å²) in [5.41, 5.74) is 1.88. The Bertz CT molecular complexity index is 572. The molecule has 126 valence electrons. The van der Waals surface area contributed by atoms with E-state index in [0.29, 0.717) is 13.1 Å². The number of thiophene rings is 1. The third-order valence-electron chi connectivity index (χ3n) is 5.01. The topological polar surface area (TPSA) is 43.9 Å². The van der Waals surface area contributed by atoms with Crippen molar-refractivity contribution in [2.45, 2.75) is 32.7 Å². The summed E-state index contributed by atoms with van der Waals surface area (Å²) in [5, 5.41) is 3.95. The molecule has 2 fully saturated rings. The summed E-state index contributed by atoms with van der Waals surface area (Å²) < 4.78 is 0. The minimum Gasteiger partial charge on any atom is -0.341 e. The second-order valence-corrected chi connectivity index (χ2v) is 7.25. The molecule has 0 bridgehead atoms. The fourth-order valence-electron chi connectivity index (χ4n) is 3.42. The van der Waals surface area contributed by atoms with Gasteiger partial charge in [-0.2, -0.15) is 11.3 Å². The van der Waals surface area contributed by atoms with E-state index in [4.69, 9.17) is 0 Å². The lowest BCUT2D eigenvalue weighted by molar-refractivity contribution is -0.135. The van der Waals surface area contributed by atoms with Crippen LogP contribution in [0.5, 0.6) is 0 Å². The van der Waals surface area contributed by atoms with Gasteiger partial charge in [-0.1, -0.05) is 0 Å². The number of hydrogen-bond acceptors (Lipinski definition) is 4. The largest absolute Gasteiger partial charge is 0.341 e. The molecule has 5 nitrogen and oxygen atoms in total. The van der Waals surface area contributed by atoms with Crippen molar-refractivity contribution >= 4 is 23.2 Å². The zero-order valence-corrected chi connectivity index (χ0v) is 14.8. The second kappa shape index (κ2) is 7.01. The lowest BCUT2D eigenvalue weighted by atomic mass is 10.1. The first-order chi connectivity index (χ1) is 11.1. The van der Waals surface area contributed by atoms with Crippen LogP contribution in [0.15, 0.2) is 10.8 Å². The minimum atomic E-state index is -0.0757. The summed E-state index contributed by atoms with van der Waals surface area (Å²) in [5.74, 6) is 0.373. The molecule has 2 aliphatic heterocycles. The Labute approximate surface area is 141 Å². The fraction of sp³-hybridized carbons (Fsp3) is 0.647. The normalized spacial score (nSPS) is 20.8. The van der Waals surface area contributed by atoms with E-state index in [9.17, 15) is 9.59 Å². The first kappa shape index (κ1) is 16.5. The van der Waals surface area contributed by atoms with E-state index in [1.165, 1.54) is 0 Å². The molecule has 3 heterocycles. The van der Waals surface area contributed by atoms with Crippen molar-refractivity contribution in [3.05, 3.63) is 21.9 Å². The van der Waals surface area contributed by atoms with Gasteiger partial charge < -0.3 is 9.80 Å². The molecule has 0 aromatic carbocycles. The number of piperazine rings is 1. The highest BCUT2D eigenvalue weighted by Crippen LogP contribution is 2.18. The van der Waals surface area contributed by atoms with Crippen LogP contribution in [0.1, 0.15) is 35.7 Å². The molecule has 0 spiro atoms. The highest BCUT2D eigenvalue weighted by molar-refractivity contribution is 7.08. The van der Waals surface area contributed by atoms with Crippen LogP contribution in [-0.4, -0.2) is 71.8 Å². The summed E-state index contributed by atoms with van der Waals surface area (Å²) >= 11 is 1.57. The Kier molecular flexibility index (Phi) is 5.02. The second-order valence-electron chi connectivity index (χ2n) is 6.51. The van der Waals surface area contributed by atoms with Gasteiger partial charge in [-0.15, -0.1) is 0 Å². The van der Waals surface area contributed by atoms with Gasteiger partial charge in [0, 0.05) is 44.6 Å². The Hall–Kier alpha value is -1.40. The smallest absolute Gasteiger partial charge is 0.255 e. The molecule has 2 saturated heterocycles. The predicted molar refractivity (Wildman–Crippen MR) is 91.8 cm³/mol. The highest BCUT2D eigenvalue weighted by Gasteiger charge is 2.31. The number of nitrogens with zero attached hydrogens (tertiary/aromatic N) is 3. The van der Waals surface area contributed by atoms with E-state index in [-0.39, 0.29) is 17.9 Å². The van der Waals surface area contributed by atoms with Crippen LogP contribution in [0.4, 0.5) is 0 Å². The van der Waals surface area contributed by atoms with Gasteiger partial charge in [-0.3, -0.25) is 14.5 Å². The van der Waals surface area contributed by atoms with Crippen molar-refractivity contribution in [3.8, 4) is 0 Å². The zero-order chi connectivity index (χ0) is 16.4. The number of likely N-dealkylation sites (tertiary alicyclic amines) is 1. The fourth-order valence-corrected chi connectivity index (χ4v) is 4.24. The SMILES string of the molecule is Cc1cscc1C(=O)N1CCN([C@H](C)C(=O)N2CCCC2)CC1. The van der Waals surface area contributed by atoms with Crippen LogP contribution in [0.3, 0.4) is 0 Å². The molecule has 2 aliphatic rings. The Morgan fingerprint density at radius 1 is 1.00 bits per heavy atom. The average molecular weight is 335 g/mol.